The van der Waals surface area contributed by atoms with Crippen LogP contribution in [0.1, 0.15) is 35.0 Å². The van der Waals surface area contributed by atoms with Gasteiger partial charge in [-0.3, -0.25) is 4.79 Å². The average Bonchev–Trinajstić information content (AvgIpc) is 2.42. The lowest BCUT2D eigenvalue weighted by Gasteiger charge is -2.11. The number of nitrogen functional groups attached to an aromatic ring is 1. The summed E-state index contributed by atoms with van der Waals surface area (Å²) in [5, 5.41) is 3.35. The molecule has 2 rings (SSSR count). The number of nitrogens with one attached hydrogen (secondary N) is 1. The number of anilines is 2. The molecule has 4 nitrogen and oxygen atoms in total. The van der Waals surface area contributed by atoms with Gasteiger partial charge in [0.05, 0.1) is 10.7 Å². The quantitative estimate of drug-likeness (QED) is 0.902. The van der Waals surface area contributed by atoms with Crippen molar-refractivity contribution in [2.75, 3.05) is 11.1 Å². The van der Waals surface area contributed by atoms with E-state index < -0.39 is 0 Å². The van der Waals surface area contributed by atoms with Crippen molar-refractivity contribution in [3.05, 3.63) is 52.2 Å². The normalized spacial score (nSPS) is 10.4. The van der Waals surface area contributed by atoms with E-state index in [0.717, 1.165) is 24.1 Å². The third kappa shape index (κ3) is 3.73. The van der Waals surface area contributed by atoms with E-state index in [0.29, 0.717) is 22.1 Å². The number of carbonyl (C=O) groups is 1. The molecule has 0 saturated heterocycles. The molecule has 110 valence electrons. The molecule has 0 unspecified atom stereocenters. The van der Waals surface area contributed by atoms with Crippen molar-refractivity contribution in [3.63, 3.8) is 0 Å². The van der Waals surface area contributed by atoms with Gasteiger partial charge in [-0.15, -0.1) is 0 Å². The first-order valence-electron chi connectivity index (χ1n) is 6.84. The van der Waals surface area contributed by atoms with Crippen molar-refractivity contribution in [1.29, 1.82) is 0 Å². The number of rotatable bonds is 4. The predicted octanol–water partition coefficient (Wildman–Crippen LogP) is 3.83. The number of hydrogen-bond acceptors (Lipinski definition) is 3. The van der Waals surface area contributed by atoms with Crippen LogP contribution >= 0.6 is 11.6 Å². The van der Waals surface area contributed by atoms with Gasteiger partial charge in [0, 0.05) is 11.3 Å². The molecule has 0 aliphatic heterocycles. The van der Waals surface area contributed by atoms with E-state index in [9.17, 15) is 4.79 Å². The second-order valence-electron chi connectivity index (χ2n) is 4.91. The van der Waals surface area contributed by atoms with Gasteiger partial charge in [0.1, 0.15) is 5.82 Å². The molecule has 0 fully saturated rings. The highest BCUT2D eigenvalue weighted by Crippen LogP contribution is 2.26. The summed E-state index contributed by atoms with van der Waals surface area (Å²) in [6.45, 7) is 3.95. The Morgan fingerprint density at radius 1 is 1.38 bits per heavy atom. The van der Waals surface area contributed by atoms with E-state index in [-0.39, 0.29) is 5.91 Å². The maximum Gasteiger partial charge on any atom is 0.255 e. The zero-order valence-electron chi connectivity index (χ0n) is 12.1. The summed E-state index contributed by atoms with van der Waals surface area (Å²) in [4.78, 5) is 16.6. The van der Waals surface area contributed by atoms with Crippen LogP contribution in [0.5, 0.6) is 0 Å². The standard InChI is InChI=1S/C16H18ClN3O/c1-3-5-12-8-11(9-14(18)19-12)16(21)20-15-10(2)6-4-7-13(15)17/h4,6-9H,3,5H2,1-2H3,(H2,18,19)(H,20,21). The van der Waals surface area contributed by atoms with E-state index in [2.05, 4.69) is 17.2 Å². The first-order valence-corrected chi connectivity index (χ1v) is 7.22. The summed E-state index contributed by atoms with van der Waals surface area (Å²) < 4.78 is 0. The monoisotopic (exact) mass is 303 g/mol. The van der Waals surface area contributed by atoms with Gasteiger partial charge in [-0.05, 0) is 37.1 Å². The number of para-hydroxylation sites is 1. The van der Waals surface area contributed by atoms with Gasteiger partial charge in [0.2, 0.25) is 0 Å². The van der Waals surface area contributed by atoms with E-state index >= 15 is 0 Å². The number of halogens is 1. The van der Waals surface area contributed by atoms with E-state index in [4.69, 9.17) is 17.3 Å². The summed E-state index contributed by atoms with van der Waals surface area (Å²) in [6.07, 6.45) is 1.73. The largest absolute Gasteiger partial charge is 0.384 e. The maximum absolute atomic E-state index is 12.4. The number of aromatic nitrogens is 1. The lowest BCUT2D eigenvalue weighted by atomic mass is 10.1. The SMILES string of the molecule is CCCc1cc(C(=O)Nc2c(C)cccc2Cl)cc(N)n1. The highest BCUT2D eigenvalue weighted by molar-refractivity contribution is 6.34. The molecule has 1 aromatic heterocycles. The summed E-state index contributed by atoms with van der Waals surface area (Å²) in [5.74, 6) is 0.111. The zero-order valence-corrected chi connectivity index (χ0v) is 12.9. The Labute approximate surface area is 129 Å². The predicted molar refractivity (Wildman–Crippen MR) is 86.8 cm³/mol. The van der Waals surface area contributed by atoms with Crippen LogP contribution in [0.15, 0.2) is 30.3 Å². The lowest BCUT2D eigenvalue weighted by molar-refractivity contribution is 0.102. The topological polar surface area (TPSA) is 68.0 Å². The number of pyridine rings is 1. The van der Waals surface area contributed by atoms with Crippen LogP contribution in [0.4, 0.5) is 11.5 Å². The molecule has 2 aromatic rings. The van der Waals surface area contributed by atoms with Gasteiger partial charge in [-0.1, -0.05) is 37.1 Å². The number of benzene rings is 1. The van der Waals surface area contributed by atoms with Crippen LogP contribution in [0, 0.1) is 6.92 Å². The average molecular weight is 304 g/mol. The van der Waals surface area contributed by atoms with Crippen LogP contribution in [0.25, 0.3) is 0 Å². The summed E-state index contributed by atoms with van der Waals surface area (Å²) in [6, 6.07) is 8.82. The van der Waals surface area contributed by atoms with E-state index in [1.54, 1.807) is 18.2 Å². The molecule has 0 aliphatic carbocycles. The Kier molecular flexibility index (Phi) is 4.81. The van der Waals surface area contributed by atoms with Gasteiger partial charge >= 0.3 is 0 Å². The number of carbonyl (C=O) groups excluding carboxylic acids is 1. The Bertz CT molecular complexity index is 650. The minimum Gasteiger partial charge on any atom is -0.384 e. The first kappa shape index (κ1) is 15.3. The number of hydrogen-bond donors (Lipinski definition) is 2. The van der Waals surface area contributed by atoms with Crippen molar-refractivity contribution in [3.8, 4) is 0 Å². The molecule has 0 bridgehead atoms. The Balaban J connectivity index is 2.28. The molecular formula is C16H18ClN3O. The maximum atomic E-state index is 12.4. The van der Waals surface area contributed by atoms with Crippen molar-refractivity contribution in [2.45, 2.75) is 26.7 Å². The number of nitrogens with zero attached hydrogens (tertiary/aromatic N) is 1. The van der Waals surface area contributed by atoms with E-state index in [1.807, 2.05) is 19.1 Å². The fourth-order valence-corrected chi connectivity index (χ4v) is 2.37. The van der Waals surface area contributed by atoms with Gasteiger partial charge < -0.3 is 11.1 Å². The van der Waals surface area contributed by atoms with Crippen molar-refractivity contribution in [1.82, 2.24) is 4.98 Å². The highest BCUT2D eigenvalue weighted by Gasteiger charge is 2.12. The van der Waals surface area contributed by atoms with Gasteiger partial charge in [-0.25, -0.2) is 4.98 Å². The molecule has 21 heavy (non-hydrogen) atoms. The van der Waals surface area contributed by atoms with Crippen molar-refractivity contribution in [2.24, 2.45) is 0 Å². The number of aryl methyl sites for hydroxylation is 2. The Morgan fingerprint density at radius 3 is 2.81 bits per heavy atom. The van der Waals surface area contributed by atoms with Crippen molar-refractivity contribution >= 4 is 29.0 Å². The zero-order chi connectivity index (χ0) is 15.4. The summed E-state index contributed by atoms with van der Waals surface area (Å²) in [5.41, 5.74) is 8.60. The molecule has 1 aromatic carbocycles. The van der Waals surface area contributed by atoms with Gasteiger partial charge in [0.25, 0.3) is 5.91 Å². The van der Waals surface area contributed by atoms with Crippen LogP contribution in [0.3, 0.4) is 0 Å². The van der Waals surface area contributed by atoms with Gasteiger partial charge in [-0.2, -0.15) is 0 Å². The minimum atomic E-state index is -0.238. The third-order valence-electron chi connectivity index (χ3n) is 3.13. The number of amides is 1. The molecule has 1 amide bonds. The van der Waals surface area contributed by atoms with Crippen LogP contribution in [-0.2, 0) is 6.42 Å². The highest BCUT2D eigenvalue weighted by atomic mass is 35.5. The fraction of sp³-hybridized carbons (Fsp3) is 0.250. The fourth-order valence-electron chi connectivity index (χ4n) is 2.10. The van der Waals surface area contributed by atoms with Crippen molar-refractivity contribution < 1.29 is 4.79 Å². The molecule has 0 radical (unpaired) electrons. The first-order chi connectivity index (χ1) is 10.0. The lowest BCUT2D eigenvalue weighted by Crippen LogP contribution is -2.14. The minimum absolute atomic E-state index is 0.238. The molecule has 1 heterocycles. The third-order valence-corrected chi connectivity index (χ3v) is 3.44. The smallest absolute Gasteiger partial charge is 0.255 e. The summed E-state index contributed by atoms with van der Waals surface area (Å²) >= 11 is 6.12. The summed E-state index contributed by atoms with van der Waals surface area (Å²) in [7, 11) is 0. The molecule has 5 heteroatoms. The Morgan fingerprint density at radius 2 is 2.14 bits per heavy atom. The molecule has 0 atom stereocenters. The molecule has 0 spiro atoms. The van der Waals surface area contributed by atoms with Crippen LogP contribution in [0.2, 0.25) is 5.02 Å². The van der Waals surface area contributed by atoms with Crippen LogP contribution < -0.4 is 11.1 Å². The molecule has 0 aliphatic rings. The van der Waals surface area contributed by atoms with Crippen LogP contribution in [-0.4, -0.2) is 10.9 Å². The Hall–Kier alpha value is -2.07. The van der Waals surface area contributed by atoms with E-state index in [1.165, 1.54) is 0 Å². The number of nitrogens with two attached hydrogens (primary N) is 1. The van der Waals surface area contributed by atoms with Gasteiger partial charge in [0.15, 0.2) is 0 Å². The second kappa shape index (κ2) is 6.59. The second-order valence-corrected chi connectivity index (χ2v) is 5.32. The molecule has 0 saturated carbocycles. The molecular weight excluding hydrogens is 286 g/mol. The molecule has 3 N–H and O–H groups in total.